The largest absolute Gasteiger partial charge is 0.480 e. The molecule has 18 heavy (non-hydrogen) atoms. The standard InChI is InChI=1S/C12H20N2O4/c1-2-13(6-8-3-4-8)12(18)14-7-9(15)5-10(14)11(16)17/h8-10,15H,2-7H2,1H3,(H,16,17)/t9-,10-/m0/s1. The third-order valence-corrected chi connectivity index (χ3v) is 3.64. The van der Waals surface area contributed by atoms with E-state index in [0.717, 1.165) is 12.8 Å². The molecule has 1 aliphatic heterocycles. The highest BCUT2D eigenvalue weighted by Gasteiger charge is 2.41. The van der Waals surface area contributed by atoms with Crippen molar-refractivity contribution >= 4 is 12.0 Å². The summed E-state index contributed by atoms with van der Waals surface area (Å²) in [6.45, 7) is 3.29. The van der Waals surface area contributed by atoms with Crippen LogP contribution in [0, 0.1) is 5.92 Å². The SMILES string of the molecule is CCN(CC1CC1)C(=O)N1C[C@@H](O)C[C@H]1C(=O)O. The van der Waals surface area contributed by atoms with E-state index in [4.69, 9.17) is 5.11 Å². The molecule has 2 fully saturated rings. The molecule has 2 atom stereocenters. The average Bonchev–Trinajstić information content (AvgIpc) is 3.05. The van der Waals surface area contributed by atoms with Crippen molar-refractivity contribution in [2.75, 3.05) is 19.6 Å². The summed E-state index contributed by atoms with van der Waals surface area (Å²) in [5.74, 6) is -0.466. The second kappa shape index (κ2) is 5.14. The molecule has 0 spiro atoms. The number of likely N-dealkylation sites (tertiary alicyclic amines) is 1. The lowest BCUT2D eigenvalue weighted by molar-refractivity contribution is -0.141. The summed E-state index contributed by atoms with van der Waals surface area (Å²) in [6.07, 6.45) is 1.70. The van der Waals surface area contributed by atoms with Gasteiger partial charge in [0.05, 0.1) is 6.10 Å². The lowest BCUT2D eigenvalue weighted by Crippen LogP contribution is -2.48. The van der Waals surface area contributed by atoms with Gasteiger partial charge in [-0.25, -0.2) is 9.59 Å². The minimum atomic E-state index is -1.04. The molecule has 1 aliphatic carbocycles. The van der Waals surface area contributed by atoms with Crippen LogP contribution in [0.15, 0.2) is 0 Å². The van der Waals surface area contributed by atoms with Crippen molar-refractivity contribution in [3.05, 3.63) is 0 Å². The number of carboxylic acids is 1. The van der Waals surface area contributed by atoms with E-state index < -0.39 is 18.1 Å². The number of rotatable bonds is 4. The monoisotopic (exact) mass is 256 g/mol. The van der Waals surface area contributed by atoms with E-state index in [-0.39, 0.29) is 19.0 Å². The number of carbonyl (C=O) groups excluding carboxylic acids is 1. The topological polar surface area (TPSA) is 81.1 Å². The van der Waals surface area contributed by atoms with E-state index in [1.165, 1.54) is 4.90 Å². The van der Waals surface area contributed by atoms with Crippen molar-refractivity contribution in [1.29, 1.82) is 0 Å². The maximum absolute atomic E-state index is 12.3. The predicted molar refractivity (Wildman–Crippen MR) is 64.1 cm³/mol. The molecule has 0 bridgehead atoms. The number of hydrogen-bond acceptors (Lipinski definition) is 3. The van der Waals surface area contributed by atoms with Crippen LogP contribution in [-0.4, -0.2) is 63.8 Å². The van der Waals surface area contributed by atoms with Gasteiger partial charge in [0.1, 0.15) is 6.04 Å². The zero-order valence-corrected chi connectivity index (χ0v) is 10.6. The van der Waals surface area contributed by atoms with Crippen LogP contribution in [0.2, 0.25) is 0 Å². The summed E-state index contributed by atoms with van der Waals surface area (Å²) >= 11 is 0. The molecular weight excluding hydrogens is 236 g/mol. The van der Waals surface area contributed by atoms with Crippen molar-refractivity contribution in [3.8, 4) is 0 Å². The number of aliphatic hydroxyl groups is 1. The fraction of sp³-hybridized carbons (Fsp3) is 0.833. The Morgan fingerprint density at radius 2 is 2.06 bits per heavy atom. The van der Waals surface area contributed by atoms with Crippen LogP contribution in [0.3, 0.4) is 0 Å². The van der Waals surface area contributed by atoms with Gasteiger partial charge in [0.15, 0.2) is 0 Å². The van der Waals surface area contributed by atoms with Gasteiger partial charge in [0.25, 0.3) is 0 Å². The Hall–Kier alpha value is -1.30. The summed E-state index contributed by atoms with van der Waals surface area (Å²) in [4.78, 5) is 26.3. The highest BCUT2D eigenvalue weighted by atomic mass is 16.4. The molecule has 0 aromatic rings. The molecule has 0 radical (unpaired) electrons. The zero-order chi connectivity index (χ0) is 13.3. The second-order valence-electron chi connectivity index (χ2n) is 5.16. The molecule has 6 nitrogen and oxygen atoms in total. The predicted octanol–water partition coefficient (Wildman–Crippen LogP) is 0.358. The number of urea groups is 1. The smallest absolute Gasteiger partial charge is 0.326 e. The van der Waals surface area contributed by atoms with Gasteiger partial charge >= 0.3 is 12.0 Å². The molecule has 0 aromatic carbocycles. The molecule has 1 saturated carbocycles. The Morgan fingerprint density at radius 3 is 2.56 bits per heavy atom. The number of aliphatic carboxylic acids is 1. The van der Waals surface area contributed by atoms with Gasteiger partial charge in [0.2, 0.25) is 0 Å². The maximum Gasteiger partial charge on any atom is 0.326 e. The van der Waals surface area contributed by atoms with Gasteiger partial charge in [0, 0.05) is 26.1 Å². The van der Waals surface area contributed by atoms with Crippen LogP contribution in [0.1, 0.15) is 26.2 Å². The normalized spacial score (nSPS) is 27.3. The van der Waals surface area contributed by atoms with E-state index in [0.29, 0.717) is 19.0 Å². The summed E-state index contributed by atoms with van der Waals surface area (Å²) in [5.41, 5.74) is 0. The molecule has 0 aromatic heterocycles. The van der Waals surface area contributed by atoms with Crippen LogP contribution >= 0.6 is 0 Å². The molecule has 1 saturated heterocycles. The van der Waals surface area contributed by atoms with Crippen LogP contribution < -0.4 is 0 Å². The van der Waals surface area contributed by atoms with Gasteiger partial charge in [-0.1, -0.05) is 0 Å². The van der Waals surface area contributed by atoms with Crippen LogP contribution in [0.25, 0.3) is 0 Å². The summed E-state index contributed by atoms with van der Waals surface area (Å²) in [6, 6.07) is -1.14. The van der Waals surface area contributed by atoms with Gasteiger partial charge < -0.3 is 20.0 Å². The number of amides is 2. The van der Waals surface area contributed by atoms with Crippen molar-refractivity contribution < 1.29 is 19.8 Å². The highest BCUT2D eigenvalue weighted by Crippen LogP contribution is 2.30. The molecular formula is C12H20N2O4. The third-order valence-electron chi connectivity index (χ3n) is 3.64. The van der Waals surface area contributed by atoms with Crippen molar-refractivity contribution in [3.63, 3.8) is 0 Å². The summed E-state index contributed by atoms with van der Waals surface area (Å²) < 4.78 is 0. The fourth-order valence-electron chi connectivity index (χ4n) is 2.40. The van der Waals surface area contributed by atoms with Crippen LogP contribution in [0.5, 0.6) is 0 Å². The second-order valence-corrected chi connectivity index (χ2v) is 5.16. The number of aliphatic hydroxyl groups excluding tert-OH is 1. The van der Waals surface area contributed by atoms with Crippen LogP contribution in [-0.2, 0) is 4.79 Å². The highest BCUT2D eigenvalue weighted by molar-refractivity contribution is 5.83. The molecule has 0 unspecified atom stereocenters. The van der Waals surface area contributed by atoms with E-state index in [1.54, 1.807) is 4.90 Å². The fourth-order valence-corrected chi connectivity index (χ4v) is 2.40. The minimum Gasteiger partial charge on any atom is -0.480 e. The third kappa shape index (κ3) is 2.75. The van der Waals surface area contributed by atoms with E-state index in [9.17, 15) is 14.7 Å². The quantitative estimate of drug-likeness (QED) is 0.761. The lowest BCUT2D eigenvalue weighted by atomic mass is 10.2. The van der Waals surface area contributed by atoms with E-state index >= 15 is 0 Å². The lowest BCUT2D eigenvalue weighted by Gasteiger charge is -2.29. The number of carbonyl (C=O) groups is 2. The summed E-state index contributed by atoms with van der Waals surface area (Å²) in [7, 11) is 0. The Balaban J connectivity index is 2.02. The van der Waals surface area contributed by atoms with Crippen molar-refractivity contribution in [2.45, 2.75) is 38.3 Å². The van der Waals surface area contributed by atoms with E-state index in [1.807, 2.05) is 6.92 Å². The first-order valence-corrected chi connectivity index (χ1v) is 6.49. The first-order chi connectivity index (χ1) is 8.52. The van der Waals surface area contributed by atoms with Crippen molar-refractivity contribution in [1.82, 2.24) is 9.80 Å². The van der Waals surface area contributed by atoms with Gasteiger partial charge in [-0.2, -0.15) is 0 Å². The van der Waals surface area contributed by atoms with Gasteiger partial charge in [-0.3, -0.25) is 0 Å². The Kier molecular flexibility index (Phi) is 3.75. The Morgan fingerprint density at radius 1 is 1.39 bits per heavy atom. The molecule has 6 heteroatoms. The van der Waals surface area contributed by atoms with Gasteiger partial charge in [-0.15, -0.1) is 0 Å². The Labute approximate surface area is 106 Å². The number of nitrogens with zero attached hydrogens (tertiary/aromatic N) is 2. The van der Waals surface area contributed by atoms with E-state index in [2.05, 4.69) is 0 Å². The molecule has 102 valence electrons. The zero-order valence-electron chi connectivity index (χ0n) is 10.6. The van der Waals surface area contributed by atoms with Crippen molar-refractivity contribution in [2.24, 2.45) is 5.92 Å². The number of β-amino-alcohol motifs (C(OH)–C–C–N with tert-alkyl or cyclic N) is 1. The molecule has 1 heterocycles. The van der Waals surface area contributed by atoms with Crippen LogP contribution in [0.4, 0.5) is 4.79 Å². The maximum atomic E-state index is 12.3. The average molecular weight is 256 g/mol. The molecule has 2 aliphatic rings. The first kappa shape index (κ1) is 13.1. The number of carboxylic acid groups (broad SMARTS) is 1. The summed E-state index contributed by atoms with van der Waals surface area (Å²) in [5, 5.41) is 18.6. The van der Waals surface area contributed by atoms with Gasteiger partial charge in [-0.05, 0) is 25.7 Å². The molecule has 2 amide bonds. The molecule has 2 N–H and O–H groups in total. The first-order valence-electron chi connectivity index (χ1n) is 6.49. The number of hydrogen-bond donors (Lipinski definition) is 2. The Bertz CT molecular complexity index is 343. The minimum absolute atomic E-state index is 0.122. The molecule has 2 rings (SSSR count).